The third-order valence-electron chi connectivity index (χ3n) is 3.59. The van der Waals surface area contributed by atoms with Crippen LogP contribution in [0.4, 0.5) is 5.69 Å². The van der Waals surface area contributed by atoms with Crippen molar-refractivity contribution in [2.45, 2.75) is 0 Å². The monoisotopic (exact) mass is 350 g/mol. The summed E-state index contributed by atoms with van der Waals surface area (Å²) in [4.78, 5) is 26.4. The fourth-order valence-corrected chi connectivity index (χ4v) is 2.35. The maximum absolute atomic E-state index is 11.9. The normalized spacial score (nSPS) is 15.2. The van der Waals surface area contributed by atoms with E-state index in [1.165, 1.54) is 24.3 Å². The summed E-state index contributed by atoms with van der Waals surface area (Å²) < 4.78 is 10.4. The number of nitro benzene ring substituents is 1. The van der Waals surface area contributed by atoms with Crippen LogP contribution >= 0.6 is 0 Å². The van der Waals surface area contributed by atoms with Gasteiger partial charge >= 0.3 is 5.97 Å². The molecule has 0 unspecified atom stereocenters. The molecule has 1 heterocycles. The number of ether oxygens (including phenoxy) is 2. The number of allylic oxidation sites excluding steroid dienone is 2. The Balaban J connectivity index is 1.84. The molecule has 0 saturated carbocycles. The molecule has 0 aliphatic carbocycles. The molecule has 26 heavy (non-hydrogen) atoms. The van der Waals surface area contributed by atoms with Crippen LogP contribution in [0.3, 0.4) is 0 Å². The van der Waals surface area contributed by atoms with Crippen LogP contribution in [-0.2, 0) is 9.53 Å². The number of rotatable bonds is 5. The number of hydrogen-bond donors (Lipinski definition) is 0. The number of nitro groups is 1. The molecule has 1 aliphatic heterocycles. The lowest BCUT2D eigenvalue weighted by atomic mass is 10.2. The molecular weight excluding hydrogens is 336 g/mol. The standard InChI is InChI=1S/C19H14N2O5/c1-25-17-11-3-2-6-13(17)7-5-10-16-19(22)26-18(20-16)14-8-4-9-15(12-14)21(23)24/h2-12H,1H3/b7-5+,16-10-. The number of cyclic esters (lactones) is 1. The zero-order valence-electron chi connectivity index (χ0n) is 13.8. The number of benzene rings is 2. The summed E-state index contributed by atoms with van der Waals surface area (Å²) in [6, 6.07) is 13.2. The summed E-state index contributed by atoms with van der Waals surface area (Å²) >= 11 is 0. The molecule has 0 atom stereocenters. The topological polar surface area (TPSA) is 91.0 Å². The third kappa shape index (κ3) is 3.67. The van der Waals surface area contributed by atoms with Gasteiger partial charge in [-0.05, 0) is 18.2 Å². The van der Waals surface area contributed by atoms with Gasteiger partial charge in [0.1, 0.15) is 5.75 Å². The van der Waals surface area contributed by atoms with Gasteiger partial charge in [-0.25, -0.2) is 9.79 Å². The van der Waals surface area contributed by atoms with Gasteiger partial charge in [-0.2, -0.15) is 0 Å². The number of para-hydroxylation sites is 1. The Morgan fingerprint density at radius 2 is 2.00 bits per heavy atom. The molecule has 0 N–H and O–H groups in total. The van der Waals surface area contributed by atoms with Crippen LogP contribution in [0.1, 0.15) is 11.1 Å². The fraction of sp³-hybridized carbons (Fsp3) is 0.0526. The van der Waals surface area contributed by atoms with E-state index in [9.17, 15) is 14.9 Å². The predicted molar refractivity (Wildman–Crippen MR) is 95.8 cm³/mol. The van der Waals surface area contributed by atoms with E-state index >= 15 is 0 Å². The summed E-state index contributed by atoms with van der Waals surface area (Å²) in [5.41, 5.74) is 1.22. The molecule has 0 aromatic heterocycles. The molecule has 130 valence electrons. The van der Waals surface area contributed by atoms with Crippen molar-refractivity contribution in [3.63, 3.8) is 0 Å². The number of methoxy groups -OCH3 is 1. The Kier molecular flexibility index (Phi) is 4.89. The van der Waals surface area contributed by atoms with Gasteiger partial charge in [-0.15, -0.1) is 0 Å². The summed E-state index contributed by atoms with van der Waals surface area (Å²) in [5.74, 6) is 0.128. The van der Waals surface area contributed by atoms with E-state index < -0.39 is 10.9 Å². The van der Waals surface area contributed by atoms with Gasteiger partial charge in [-0.1, -0.05) is 36.4 Å². The summed E-state index contributed by atoms with van der Waals surface area (Å²) in [6.45, 7) is 0. The van der Waals surface area contributed by atoms with Crippen molar-refractivity contribution >= 4 is 23.6 Å². The number of carbonyl (C=O) groups is 1. The summed E-state index contributed by atoms with van der Waals surface area (Å²) in [7, 11) is 1.58. The number of nitrogens with zero attached hydrogens (tertiary/aromatic N) is 2. The second kappa shape index (κ2) is 7.43. The molecule has 7 nitrogen and oxygen atoms in total. The lowest BCUT2D eigenvalue weighted by Crippen LogP contribution is -2.05. The number of aliphatic imine (C=N–C) groups is 1. The second-order valence-corrected chi connectivity index (χ2v) is 5.27. The Hall–Kier alpha value is -3.74. The SMILES string of the molecule is COc1ccccc1/C=C/C=C1\N=C(c2cccc([N+](=O)[O-])c2)OC1=O. The Morgan fingerprint density at radius 1 is 1.19 bits per heavy atom. The largest absolute Gasteiger partial charge is 0.496 e. The van der Waals surface area contributed by atoms with Gasteiger partial charge in [-0.3, -0.25) is 10.1 Å². The number of non-ortho nitro benzene ring substituents is 1. The van der Waals surface area contributed by atoms with E-state index in [2.05, 4.69) is 4.99 Å². The van der Waals surface area contributed by atoms with Crippen molar-refractivity contribution in [3.8, 4) is 5.75 Å². The minimum absolute atomic E-state index is 0.0376. The lowest BCUT2D eigenvalue weighted by Gasteiger charge is -2.02. The highest BCUT2D eigenvalue weighted by atomic mass is 16.6. The van der Waals surface area contributed by atoms with E-state index in [4.69, 9.17) is 9.47 Å². The quantitative estimate of drug-likeness (QED) is 0.356. The first-order chi connectivity index (χ1) is 12.6. The van der Waals surface area contributed by atoms with Crippen molar-refractivity contribution in [1.82, 2.24) is 0 Å². The molecular formula is C19H14N2O5. The molecule has 0 spiro atoms. The molecule has 1 aliphatic rings. The highest BCUT2D eigenvalue weighted by Crippen LogP contribution is 2.21. The van der Waals surface area contributed by atoms with Crippen LogP contribution in [0.2, 0.25) is 0 Å². The average Bonchev–Trinajstić information content (AvgIpc) is 3.03. The van der Waals surface area contributed by atoms with Crippen LogP contribution in [-0.4, -0.2) is 23.9 Å². The van der Waals surface area contributed by atoms with E-state index in [0.717, 1.165) is 5.56 Å². The second-order valence-electron chi connectivity index (χ2n) is 5.27. The third-order valence-corrected chi connectivity index (χ3v) is 3.59. The van der Waals surface area contributed by atoms with Gasteiger partial charge in [0.15, 0.2) is 5.70 Å². The molecule has 2 aromatic rings. The molecule has 0 amide bonds. The predicted octanol–water partition coefficient (Wildman–Crippen LogP) is 3.50. The Bertz CT molecular complexity index is 960. The molecule has 7 heteroatoms. The Labute approximate surface area is 149 Å². The van der Waals surface area contributed by atoms with E-state index in [1.54, 1.807) is 25.3 Å². The number of esters is 1. The van der Waals surface area contributed by atoms with Crippen molar-refractivity contribution in [2.75, 3.05) is 7.11 Å². The van der Waals surface area contributed by atoms with Crippen LogP contribution in [0.5, 0.6) is 5.75 Å². The van der Waals surface area contributed by atoms with Gasteiger partial charge in [0.25, 0.3) is 5.69 Å². The molecule has 3 rings (SSSR count). The fourth-order valence-electron chi connectivity index (χ4n) is 2.35. The van der Waals surface area contributed by atoms with Gasteiger partial charge < -0.3 is 9.47 Å². The van der Waals surface area contributed by atoms with Crippen molar-refractivity contribution in [3.05, 3.63) is 87.6 Å². The highest BCUT2D eigenvalue weighted by Gasteiger charge is 2.24. The summed E-state index contributed by atoms with van der Waals surface area (Å²) in [6.07, 6.45) is 4.95. The van der Waals surface area contributed by atoms with Gasteiger partial charge in [0.2, 0.25) is 5.90 Å². The highest BCUT2D eigenvalue weighted by molar-refractivity contribution is 6.11. The first kappa shape index (κ1) is 17.1. The van der Waals surface area contributed by atoms with Crippen LogP contribution in [0, 0.1) is 10.1 Å². The number of carbonyl (C=O) groups excluding carboxylic acids is 1. The smallest absolute Gasteiger partial charge is 0.363 e. The molecule has 0 fully saturated rings. The lowest BCUT2D eigenvalue weighted by molar-refractivity contribution is -0.384. The summed E-state index contributed by atoms with van der Waals surface area (Å²) in [5, 5.41) is 10.9. The van der Waals surface area contributed by atoms with Crippen LogP contribution in [0.25, 0.3) is 6.08 Å². The molecule has 0 saturated heterocycles. The van der Waals surface area contributed by atoms with Crippen molar-refractivity contribution in [1.29, 1.82) is 0 Å². The van der Waals surface area contributed by atoms with Gasteiger partial charge in [0.05, 0.1) is 12.0 Å². The van der Waals surface area contributed by atoms with E-state index in [0.29, 0.717) is 11.3 Å². The minimum Gasteiger partial charge on any atom is -0.496 e. The van der Waals surface area contributed by atoms with Crippen LogP contribution < -0.4 is 4.74 Å². The van der Waals surface area contributed by atoms with Crippen molar-refractivity contribution in [2.24, 2.45) is 4.99 Å². The maximum atomic E-state index is 11.9. The van der Waals surface area contributed by atoms with Gasteiger partial charge in [0, 0.05) is 23.3 Å². The molecule has 0 bridgehead atoms. The molecule has 2 aromatic carbocycles. The zero-order valence-corrected chi connectivity index (χ0v) is 13.8. The van der Waals surface area contributed by atoms with E-state index in [-0.39, 0.29) is 17.3 Å². The molecule has 0 radical (unpaired) electrons. The van der Waals surface area contributed by atoms with Crippen molar-refractivity contribution < 1.29 is 19.2 Å². The zero-order chi connectivity index (χ0) is 18.5. The first-order valence-electron chi connectivity index (χ1n) is 7.65. The van der Waals surface area contributed by atoms with Crippen LogP contribution in [0.15, 0.2) is 71.4 Å². The first-order valence-corrected chi connectivity index (χ1v) is 7.65. The maximum Gasteiger partial charge on any atom is 0.363 e. The minimum atomic E-state index is -0.615. The number of hydrogen-bond acceptors (Lipinski definition) is 6. The Morgan fingerprint density at radius 3 is 2.77 bits per heavy atom. The van der Waals surface area contributed by atoms with E-state index in [1.807, 2.05) is 24.3 Å². The average molecular weight is 350 g/mol.